The Labute approximate surface area is 81.7 Å². The van der Waals surface area contributed by atoms with Gasteiger partial charge in [-0.25, -0.2) is 0 Å². The summed E-state index contributed by atoms with van der Waals surface area (Å²) in [4.78, 5) is 6.43. The predicted octanol–water partition coefficient (Wildman–Crippen LogP) is 2.61. The predicted molar refractivity (Wildman–Crippen MR) is 55.6 cm³/mol. The third kappa shape index (κ3) is 1.97. The van der Waals surface area contributed by atoms with Crippen LogP contribution in [0.2, 0.25) is 0 Å². The normalized spacial score (nSPS) is 10.0. The van der Waals surface area contributed by atoms with Crippen LogP contribution in [0.1, 0.15) is 12.6 Å². The van der Waals surface area contributed by atoms with Crippen molar-refractivity contribution >= 4 is 21.6 Å². The Kier molecular flexibility index (Phi) is 3.09. The number of nitrogens with zero attached hydrogens (tertiary/aromatic N) is 2. The molecule has 0 radical (unpaired) electrons. The second-order valence-electron chi connectivity index (χ2n) is 2.77. The summed E-state index contributed by atoms with van der Waals surface area (Å²) in [6, 6.07) is 2.09. The standard InChI is InChI=1S/C9H13BrN2/c1-4-12(3)9-5-8(10)6-11-7(9)2/h5-6H,4H2,1-3H3. The lowest BCUT2D eigenvalue weighted by Gasteiger charge is -2.18. The summed E-state index contributed by atoms with van der Waals surface area (Å²) in [6.07, 6.45) is 1.82. The fourth-order valence-corrected chi connectivity index (χ4v) is 1.37. The van der Waals surface area contributed by atoms with Crippen LogP contribution in [0.15, 0.2) is 16.7 Å². The maximum atomic E-state index is 4.26. The highest BCUT2D eigenvalue weighted by Crippen LogP contribution is 2.20. The van der Waals surface area contributed by atoms with Crippen molar-refractivity contribution in [2.75, 3.05) is 18.5 Å². The zero-order valence-corrected chi connectivity index (χ0v) is 9.22. The zero-order valence-electron chi connectivity index (χ0n) is 7.63. The fourth-order valence-electron chi connectivity index (χ4n) is 1.05. The summed E-state index contributed by atoms with van der Waals surface area (Å²) in [7, 11) is 2.07. The molecule has 0 N–H and O–H groups in total. The van der Waals surface area contributed by atoms with E-state index in [1.165, 1.54) is 5.69 Å². The lowest BCUT2D eigenvalue weighted by molar-refractivity contribution is 0.947. The first-order valence-corrected chi connectivity index (χ1v) is 4.77. The van der Waals surface area contributed by atoms with Gasteiger partial charge in [0.1, 0.15) is 0 Å². The van der Waals surface area contributed by atoms with Gasteiger partial charge in [-0.2, -0.15) is 0 Å². The largest absolute Gasteiger partial charge is 0.373 e. The Morgan fingerprint density at radius 3 is 2.83 bits per heavy atom. The highest BCUT2D eigenvalue weighted by atomic mass is 79.9. The number of anilines is 1. The number of pyridine rings is 1. The van der Waals surface area contributed by atoms with E-state index in [4.69, 9.17) is 0 Å². The zero-order chi connectivity index (χ0) is 9.14. The van der Waals surface area contributed by atoms with Crippen LogP contribution in [-0.2, 0) is 0 Å². The molecular weight excluding hydrogens is 216 g/mol. The van der Waals surface area contributed by atoms with Gasteiger partial charge in [-0.05, 0) is 35.8 Å². The van der Waals surface area contributed by atoms with Gasteiger partial charge >= 0.3 is 0 Å². The van der Waals surface area contributed by atoms with Crippen LogP contribution in [0, 0.1) is 6.92 Å². The van der Waals surface area contributed by atoms with Crippen LogP contribution in [0.4, 0.5) is 5.69 Å². The van der Waals surface area contributed by atoms with Gasteiger partial charge in [-0.3, -0.25) is 4.98 Å². The SMILES string of the molecule is CCN(C)c1cc(Br)cnc1C. The van der Waals surface area contributed by atoms with E-state index >= 15 is 0 Å². The monoisotopic (exact) mass is 228 g/mol. The third-order valence-electron chi connectivity index (χ3n) is 1.91. The topological polar surface area (TPSA) is 16.1 Å². The lowest BCUT2D eigenvalue weighted by atomic mass is 10.3. The Morgan fingerprint density at radius 1 is 1.58 bits per heavy atom. The second kappa shape index (κ2) is 3.90. The van der Waals surface area contributed by atoms with Crippen molar-refractivity contribution < 1.29 is 0 Å². The molecule has 0 aromatic carbocycles. The summed E-state index contributed by atoms with van der Waals surface area (Å²) in [6.45, 7) is 5.15. The number of rotatable bonds is 2. The molecule has 2 nitrogen and oxygen atoms in total. The van der Waals surface area contributed by atoms with Gasteiger partial charge in [0.2, 0.25) is 0 Å². The lowest BCUT2D eigenvalue weighted by Crippen LogP contribution is -2.17. The van der Waals surface area contributed by atoms with E-state index in [-0.39, 0.29) is 0 Å². The molecule has 1 aromatic rings. The average molecular weight is 229 g/mol. The molecule has 0 bridgehead atoms. The first kappa shape index (κ1) is 9.52. The minimum atomic E-state index is 0.999. The maximum Gasteiger partial charge on any atom is 0.0606 e. The van der Waals surface area contributed by atoms with Gasteiger partial charge in [0.05, 0.1) is 11.4 Å². The van der Waals surface area contributed by atoms with E-state index in [1.54, 1.807) is 0 Å². The molecule has 0 aliphatic carbocycles. The van der Waals surface area contributed by atoms with Gasteiger partial charge in [-0.15, -0.1) is 0 Å². The first-order valence-electron chi connectivity index (χ1n) is 3.98. The molecule has 1 aromatic heterocycles. The van der Waals surface area contributed by atoms with Crippen LogP contribution in [0.5, 0.6) is 0 Å². The van der Waals surface area contributed by atoms with Crippen LogP contribution < -0.4 is 4.90 Å². The van der Waals surface area contributed by atoms with E-state index in [0.29, 0.717) is 0 Å². The van der Waals surface area contributed by atoms with Gasteiger partial charge < -0.3 is 4.90 Å². The number of aryl methyl sites for hydroxylation is 1. The minimum absolute atomic E-state index is 0.999. The molecule has 66 valence electrons. The minimum Gasteiger partial charge on any atom is -0.373 e. The van der Waals surface area contributed by atoms with Crippen LogP contribution >= 0.6 is 15.9 Å². The smallest absolute Gasteiger partial charge is 0.0606 e. The maximum absolute atomic E-state index is 4.26. The van der Waals surface area contributed by atoms with Crippen molar-refractivity contribution in [1.29, 1.82) is 0 Å². The van der Waals surface area contributed by atoms with Crippen LogP contribution in [0.25, 0.3) is 0 Å². The Bertz CT molecular complexity index is 273. The van der Waals surface area contributed by atoms with E-state index < -0.39 is 0 Å². The van der Waals surface area contributed by atoms with Crippen LogP contribution in [-0.4, -0.2) is 18.6 Å². The van der Waals surface area contributed by atoms with E-state index in [0.717, 1.165) is 16.7 Å². The highest BCUT2D eigenvalue weighted by Gasteiger charge is 2.03. The van der Waals surface area contributed by atoms with Gasteiger partial charge in [0.15, 0.2) is 0 Å². The van der Waals surface area contributed by atoms with Crippen molar-refractivity contribution in [3.05, 3.63) is 22.4 Å². The van der Waals surface area contributed by atoms with Crippen molar-refractivity contribution in [3.8, 4) is 0 Å². The summed E-state index contributed by atoms with van der Waals surface area (Å²) in [5.74, 6) is 0. The number of halogens is 1. The average Bonchev–Trinajstić information content (AvgIpc) is 2.08. The molecule has 0 aliphatic heterocycles. The van der Waals surface area contributed by atoms with Crippen molar-refractivity contribution in [2.24, 2.45) is 0 Å². The summed E-state index contributed by atoms with van der Waals surface area (Å²) >= 11 is 3.40. The molecule has 0 saturated heterocycles. The molecule has 0 amide bonds. The van der Waals surface area contributed by atoms with Crippen molar-refractivity contribution in [2.45, 2.75) is 13.8 Å². The Balaban J connectivity index is 3.04. The second-order valence-corrected chi connectivity index (χ2v) is 3.69. The molecule has 1 rings (SSSR count). The quantitative estimate of drug-likeness (QED) is 0.774. The fraction of sp³-hybridized carbons (Fsp3) is 0.444. The van der Waals surface area contributed by atoms with E-state index in [1.807, 2.05) is 13.1 Å². The summed E-state index contributed by atoms with van der Waals surface area (Å²) in [5, 5.41) is 0. The third-order valence-corrected chi connectivity index (χ3v) is 2.35. The number of hydrogen-bond acceptors (Lipinski definition) is 2. The van der Waals surface area contributed by atoms with Gasteiger partial charge in [0.25, 0.3) is 0 Å². The van der Waals surface area contributed by atoms with Crippen LogP contribution in [0.3, 0.4) is 0 Å². The Morgan fingerprint density at radius 2 is 2.25 bits per heavy atom. The van der Waals surface area contributed by atoms with Gasteiger partial charge in [0, 0.05) is 24.3 Å². The molecule has 12 heavy (non-hydrogen) atoms. The molecular formula is C9H13BrN2. The molecule has 3 heteroatoms. The number of aromatic nitrogens is 1. The van der Waals surface area contributed by atoms with Crippen molar-refractivity contribution in [1.82, 2.24) is 4.98 Å². The molecule has 0 unspecified atom stereocenters. The summed E-state index contributed by atoms with van der Waals surface area (Å²) in [5.41, 5.74) is 2.26. The molecule has 0 spiro atoms. The molecule has 0 fully saturated rings. The number of hydrogen-bond donors (Lipinski definition) is 0. The van der Waals surface area contributed by atoms with Gasteiger partial charge in [-0.1, -0.05) is 0 Å². The van der Waals surface area contributed by atoms with Crippen molar-refractivity contribution in [3.63, 3.8) is 0 Å². The summed E-state index contributed by atoms with van der Waals surface area (Å²) < 4.78 is 1.03. The highest BCUT2D eigenvalue weighted by molar-refractivity contribution is 9.10. The molecule has 0 atom stereocenters. The first-order chi connectivity index (χ1) is 5.65. The molecule has 0 saturated carbocycles. The molecule has 0 aliphatic rings. The van der Waals surface area contributed by atoms with E-state index in [9.17, 15) is 0 Å². The van der Waals surface area contributed by atoms with E-state index in [2.05, 4.69) is 45.9 Å². The molecule has 1 heterocycles. The Hall–Kier alpha value is -0.570.